The molecule has 0 amide bonds. The topological polar surface area (TPSA) is 52.6 Å². The summed E-state index contributed by atoms with van der Waals surface area (Å²) in [7, 11) is -4.13. The predicted octanol–water partition coefficient (Wildman–Crippen LogP) is 5.16. The number of benzene rings is 3. The average molecular weight is 441 g/mol. The van der Waals surface area contributed by atoms with Crippen LogP contribution in [0.3, 0.4) is 0 Å². The molecule has 3 rings (SSSR count). The van der Waals surface area contributed by atoms with Gasteiger partial charge in [0.05, 0.1) is 0 Å². The maximum Gasteiger partial charge on any atom is 0.142 e. The van der Waals surface area contributed by atoms with E-state index in [9.17, 15) is 9.13 Å². The van der Waals surface area contributed by atoms with Crippen molar-refractivity contribution in [1.29, 1.82) is 0 Å². The number of hydrogen-bond donors (Lipinski definition) is 0. The second-order valence-corrected chi connectivity index (χ2v) is 11.0. The van der Waals surface area contributed by atoms with Gasteiger partial charge >= 0.3 is 0 Å². The summed E-state index contributed by atoms with van der Waals surface area (Å²) in [5.74, 6) is 1.06. The van der Waals surface area contributed by atoms with Crippen LogP contribution < -0.4 is 20.1 Å². The Kier molecular flexibility index (Phi) is 7.58. The quantitative estimate of drug-likeness (QED) is 0.453. The molecule has 0 fully saturated rings. The maximum atomic E-state index is 12.6. The number of hydrogen-bond acceptors (Lipinski definition) is 4. The molecule has 2 unspecified atom stereocenters. The molecule has 0 bridgehead atoms. The van der Waals surface area contributed by atoms with E-state index in [2.05, 4.69) is 18.2 Å². The minimum Gasteiger partial charge on any atom is -0.486 e. The molecule has 0 heterocycles. The Morgan fingerprint density at radius 3 is 1.37 bits per heavy atom. The van der Waals surface area contributed by atoms with Gasteiger partial charge in [0, 0.05) is 16.7 Å². The van der Waals surface area contributed by atoms with Crippen molar-refractivity contribution in [2.75, 3.05) is 12.7 Å². The summed E-state index contributed by atoms with van der Waals surface area (Å²) in [5, 5.41) is 1.64. The van der Waals surface area contributed by atoms with Crippen LogP contribution in [-0.4, -0.2) is 12.7 Å². The third kappa shape index (κ3) is 6.36. The molecule has 0 N–H and O–H groups in total. The Balaban J connectivity index is 1.59. The van der Waals surface area contributed by atoms with Gasteiger partial charge in [0.2, 0.25) is 0 Å². The first-order chi connectivity index (χ1) is 14.3. The molecule has 0 saturated carbocycles. The Morgan fingerprint density at radius 1 is 0.633 bits per heavy atom. The average Bonchev–Trinajstić information content (AvgIpc) is 2.69. The van der Waals surface area contributed by atoms with Gasteiger partial charge in [-0.05, 0) is 70.2 Å². The molecule has 0 aliphatic rings. The summed E-state index contributed by atoms with van der Waals surface area (Å²) < 4.78 is 36.7. The van der Waals surface area contributed by atoms with Gasteiger partial charge in [-0.3, -0.25) is 0 Å². The van der Waals surface area contributed by atoms with Crippen LogP contribution in [0.5, 0.6) is 11.5 Å². The summed E-state index contributed by atoms with van der Waals surface area (Å²) in [5.41, 5.74) is 4.36. The summed E-state index contributed by atoms with van der Waals surface area (Å²) in [6, 6.07) is 19.9. The van der Waals surface area contributed by atoms with E-state index in [0.717, 1.165) is 32.9 Å². The highest BCUT2D eigenvalue weighted by Crippen LogP contribution is 2.27. The summed E-state index contributed by atoms with van der Waals surface area (Å²) in [6.07, 6.45) is 0.230. The van der Waals surface area contributed by atoms with Crippen LogP contribution in [0.1, 0.15) is 22.3 Å². The molecule has 0 spiro atoms. The monoisotopic (exact) mass is 441 g/mol. The Bertz CT molecular complexity index is 969. The van der Waals surface area contributed by atoms with Crippen molar-refractivity contribution in [3.63, 3.8) is 0 Å². The zero-order valence-corrected chi connectivity index (χ0v) is 19.7. The third-order valence-electron chi connectivity index (χ3n) is 4.56. The smallest absolute Gasteiger partial charge is 0.142 e. The molecule has 6 heteroatoms. The van der Waals surface area contributed by atoms with Gasteiger partial charge in [-0.25, -0.2) is 0 Å². The highest BCUT2D eigenvalue weighted by molar-refractivity contribution is 7.53. The van der Waals surface area contributed by atoms with Crippen molar-refractivity contribution in [1.82, 2.24) is 0 Å². The molecule has 3 aromatic rings. The van der Waals surface area contributed by atoms with Crippen LogP contribution in [0.15, 0.2) is 54.6 Å². The molecule has 0 saturated heterocycles. The van der Waals surface area contributed by atoms with Gasteiger partial charge in [-0.1, -0.05) is 34.4 Å². The normalized spacial score (nSPS) is 12.9. The van der Waals surface area contributed by atoms with Crippen molar-refractivity contribution in [3.05, 3.63) is 82.9 Å². The highest BCUT2D eigenvalue weighted by atomic mass is 31.1. The van der Waals surface area contributed by atoms with Crippen molar-refractivity contribution in [2.45, 2.75) is 27.7 Å². The number of rotatable bonds is 8. The summed E-state index contributed by atoms with van der Waals surface area (Å²) in [4.78, 5) is 0. The van der Waals surface area contributed by atoms with Crippen molar-refractivity contribution in [3.8, 4) is 11.5 Å². The predicted molar refractivity (Wildman–Crippen MR) is 125 cm³/mol. The first-order valence-electron chi connectivity index (χ1n) is 9.80. The molecular weight excluding hydrogens is 414 g/mol. The molecule has 30 heavy (non-hydrogen) atoms. The molecule has 0 aromatic heterocycles. The molecule has 0 aliphatic carbocycles. The van der Waals surface area contributed by atoms with E-state index in [-0.39, 0.29) is 12.7 Å². The molecule has 157 valence electrons. The fraction of sp³-hybridized carbons (Fsp3) is 0.250. The molecule has 4 nitrogen and oxygen atoms in total. The molecular formula is C24H27O4P2. The fourth-order valence-corrected chi connectivity index (χ4v) is 5.82. The fourth-order valence-electron chi connectivity index (χ4n) is 3.33. The lowest BCUT2D eigenvalue weighted by atomic mass is 10.2. The third-order valence-corrected chi connectivity index (χ3v) is 7.24. The van der Waals surface area contributed by atoms with Gasteiger partial charge in [0.25, 0.3) is 0 Å². The van der Waals surface area contributed by atoms with E-state index < -0.39 is 15.6 Å². The van der Waals surface area contributed by atoms with Crippen molar-refractivity contribution >= 4 is 26.2 Å². The lowest BCUT2D eigenvalue weighted by molar-refractivity contribution is 0.363. The van der Waals surface area contributed by atoms with Crippen LogP contribution in [0, 0.1) is 33.8 Å². The SMILES string of the molecule is Cc1cc(C)cc([PH](=O)COc2c[c]cc(OC[PH](=O)c3cc(C)cc(C)c3)c2)c1. The second-order valence-electron chi connectivity index (χ2n) is 7.58. The lowest BCUT2D eigenvalue weighted by Crippen LogP contribution is -2.05. The van der Waals surface area contributed by atoms with E-state index in [1.807, 2.05) is 52.0 Å². The van der Waals surface area contributed by atoms with Gasteiger partial charge in [-0.2, -0.15) is 0 Å². The highest BCUT2D eigenvalue weighted by Gasteiger charge is 2.09. The van der Waals surface area contributed by atoms with Crippen LogP contribution in [-0.2, 0) is 9.13 Å². The molecule has 1 radical (unpaired) electrons. The largest absolute Gasteiger partial charge is 0.486 e. The Hall–Kier alpha value is -2.28. The van der Waals surface area contributed by atoms with Crippen LogP contribution in [0.25, 0.3) is 0 Å². The van der Waals surface area contributed by atoms with E-state index in [1.165, 1.54) is 0 Å². The van der Waals surface area contributed by atoms with E-state index in [0.29, 0.717) is 11.5 Å². The minimum absolute atomic E-state index is 0.115. The number of ether oxygens (including phenoxy) is 2. The summed E-state index contributed by atoms with van der Waals surface area (Å²) >= 11 is 0. The zero-order chi connectivity index (χ0) is 21.7. The van der Waals surface area contributed by atoms with Crippen LogP contribution in [0.4, 0.5) is 0 Å². The maximum absolute atomic E-state index is 12.6. The van der Waals surface area contributed by atoms with Gasteiger partial charge in [0.1, 0.15) is 39.8 Å². The lowest BCUT2D eigenvalue weighted by Gasteiger charge is -2.11. The van der Waals surface area contributed by atoms with Gasteiger partial charge in [-0.15, -0.1) is 0 Å². The summed E-state index contributed by atoms with van der Waals surface area (Å²) in [6.45, 7) is 7.97. The van der Waals surface area contributed by atoms with E-state index in [1.54, 1.807) is 18.2 Å². The van der Waals surface area contributed by atoms with E-state index in [4.69, 9.17) is 9.47 Å². The van der Waals surface area contributed by atoms with Gasteiger partial charge in [0.15, 0.2) is 0 Å². The van der Waals surface area contributed by atoms with Crippen LogP contribution >= 0.6 is 15.6 Å². The van der Waals surface area contributed by atoms with Crippen LogP contribution in [0.2, 0.25) is 0 Å². The first kappa shape index (κ1) is 22.4. The van der Waals surface area contributed by atoms with Crippen molar-refractivity contribution in [2.24, 2.45) is 0 Å². The molecule has 0 aliphatic heterocycles. The Labute approximate surface area is 179 Å². The molecule has 3 aromatic carbocycles. The standard InChI is InChI=1S/C24H27O4P2/c1-17-8-18(2)11-23(10-17)29(25)15-27-21-6-5-7-22(14-21)28-16-30(26)24-12-19(3)9-20(4)13-24/h6-14,29-30H,15-16H2,1-4H3. The first-order valence-corrected chi connectivity index (χ1v) is 13.0. The van der Waals surface area contributed by atoms with E-state index >= 15 is 0 Å². The van der Waals surface area contributed by atoms with Crippen molar-refractivity contribution < 1.29 is 18.6 Å². The minimum atomic E-state index is -2.06. The Morgan fingerprint density at radius 2 is 1.00 bits per heavy atom. The van der Waals surface area contributed by atoms with Gasteiger partial charge < -0.3 is 18.6 Å². The molecule has 2 atom stereocenters. The number of aryl methyl sites for hydroxylation is 4. The zero-order valence-electron chi connectivity index (χ0n) is 17.7. The second kappa shape index (κ2) is 10.2.